The van der Waals surface area contributed by atoms with E-state index in [0.717, 1.165) is 19.1 Å². The van der Waals surface area contributed by atoms with E-state index in [4.69, 9.17) is 4.74 Å². The minimum absolute atomic E-state index is 0.00697. The second-order valence-corrected chi connectivity index (χ2v) is 5.36. The average molecular weight is 365 g/mol. The largest absolute Gasteiger partial charge is 0.506 e. The van der Waals surface area contributed by atoms with Crippen molar-refractivity contribution in [1.29, 1.82) is 0 Å². The quantitative estimate of drug-likeness (QED) is 0.185. The molecule has 0 unspecified atom stereocenters. The molecule has 1 aliphatic carbocycles. The summed E-state index contributed by atoms with van der Waals surface area (Å²) in [6.45, 7) is 1.52. The Morgan fingerprint density at radius 1 is 1.31 bits per heavy atom. The molecule has 1 aromatic rings. The number of nitro benzene ring substituents is 2. The lowest BCUT2D eigenvalue weighted by Gasteiger charge is -2.08. The lowest BCUT2D eigenvalue weighted by molar-refractivity contribution is -0.394. The Labute approximate surface area is 146 Å². The van der Waals surface area contributed by atoms with Crippen LogP contribution in [0.1, 0.15) is 25.3 Å². The highest BCUT2D eigenvalue weighted by molar-refractivity contribution is 6.15. The predicted molar refractivity (Wildman–Crippen MR) is 89.1 cm³/mol. The number of carbonyl (C=O) groups is 1. The third-order valence-electron chi connectivity index (χ3n) is 3.45. The van der Waals surface area contributed by atoms with Crippen LogP contribution in [0.3, 0.4) is 0 Å². The summed E-state index contributed by atoms with van der Waals surface area (Å²) >= 11 is 0. The van der Waals surface area contributed by atoms with Crippen LogP contribution in [0, 0.1) is 20.2 Å². The number of hydrogen-bond donors (Lipinski definition) is 2. The molecule has 138 valence electrons. The van der Waals surface area contributed by atoms with Gasteiger partial charge < -0.3 is 14.9 Å². The first-order valence-electron chi connectivity index (χ1n) is 7.56. The van der Waals surface area contributed by atoms with E-state index in [0.29, 0.717) is 12.1 Å². The summed E-state index contributed by atoms with van der Waals surface area (Å²) in [4.78, 5) is 36.2. The molecule has 11 nitrogen and oxygen atoms in total. The molecule has 0 amide bonds. The Kier molecular flexibility index (Phi) is 5.50. The summed E-state index contributed by atoms with van der Waals surface area (Å²) in [5, 5.41) is 42.2. The van der Waals surface area contributed by atoms with Crippen molar-refractivity contribution in [1.82, 2.24) is 0 Å². The van der Waals surface area contributed by atoms with Crippen molar-refractivity contribution in [3.63, 3.8) is 0 Å². The number of rotatable bonds is 7. The van der Waals surface area contributed by atoms with Crippen molar-refractivity contribution in [2.45, 2.75) is 25.8 Å². The van der Waals surface area contributed by atoms with Gasteiger partial charge in [0.2, 0.25) is 0 Å². The summed E-state index contributed by atoms with van der Waals surface area (Å²) in [5.41, 5.74) is -2.77. The molecule has 2 N–H and O–H groups in total. The number of aliphatic hydroxyl groups excluding tert-OH is 1. The summed E-state index contributed by atoms with van der Waals surface area (Å²) in [5.74, 6) is -2.74. The number of aliphatic imine (C=N–C) groups is 1. The highest BCUT2D eigenvalue weighted by Crippen LogP contribution is 2.37. The van der Waals surface area contributed by atoms with Crippen LogP contribution in [-0.2, 0) is 9.53 Å². The van der Waals surface area contributed by atoms with E-state index >= 15 is 0 Å². The second kappa shape index (κ2) is 7.59. The van der Waals surface area contributed by atoms with Crippen LogP contribution in [0.15, 0.2) is 22.7 Å². The molecule has 26 heavy (non-hydrogen) atoms. The maximum atomic E-state index is 12.1. The van der Waals surface area contributed by atoms with Gasteiger partial charge in [-0.3, -0.25) is 25.2 Å². The molecular weight excluding hydrogens is 350 g/mol. The van der Waals surface area contributed by atoms with Crippen LogP contribution in [0.4, 0.5) is 11.4 Å². The van der Waals surface area contributed by atoms with Gasteiger partial charge in [0.05, 0.1) is 34.1 Å². The molecule has 0 aliphatic heterocycles. The lowest BCUT2D eigenvalue weighted by Crippen LogP contribution is -2.12. The Balaban J connectivity index is 2.64. The van der Waals surface area contributed by atoms with Gasteiger partial charge in [0.25, 0.3) is 5.69 Å². The van der Waals surface area contributed by atoms with Crippen molar-refractivity contribution >= 4 is 29.3 Å². The molecular formula is C15H15N3O8. The number of aromatic hydroxyl groups is 1. The number of aliphatic hydroxyl groups is 1. The third-order valence-corrected chi connectivity index (χ3v) is 3.45. The zero-order valence-electron chi connectivity index (χ0n) is 13.6. The molecule has 0 atom stereocenters. The maximum Gasteiger partial charge on any atom is 0.343 e. The van der Waals surface area contributed by atoms with Crippen LogP contribution in [-0.4, -0.2) is 44.9 Å². The summed E-state index contributed by atoms with van der Waals surface area (Å²) < 4.78 is 4.80. The SMILES string of the molecule is CCOC(=O)/C(C=NC1CC1)=C(\O)c1cc(O)c([N+](=O)[O-])cc1[N+](=O)[O-]. The summed E-state index contributed by atoms with van der Waals surface area (Å²) in [6.07, 6.45) is 2.67. The first kappa shape index (κ1) is 18.8. The van der Waals surface area contributed by atoms with Gasteiger partial charge in [0.1, 0.15) is 11.3 Å². The van der Waals surface area contributed by atoms with Crippen molar-refractivity contribution in [2.24, 2.45) is 4.99 Å². The van der Waals surface area contributed by atoms with Crippen molar-refractivity contribution in [2.75, 3.05) is 6.61 Å². The smallest absolute Gasteiger partial charge is 0.343 e. The Morgan fingerprint density at radius 3 is 2.42 bits per heavy atom. The molecule has 1 aliphatic rings. The van der Waals surface area contributed by atoms with Crippen molar-refractivity contribution in [3.8, 4) is 5.75 Å². The third kappa shape index (κ3) is 4.12. The van der Waals surface area contributed by atoms with Crippen LogP contribution in [0.5, 0.6) is 5.75 Å². The molecule has 1 fully saturated rings. The van der Waals surface area contributed by atoms with E-state index in [1.165, 1.54) is 6.92 Å². The van der Waals surface area contributed by atoms with Gasteiger partial charge in [-0.15, -0.1) is 0 Å². The molecule has 1 saturated carbocycles. The van der Waals surface area contributed by atoms with Gasteiger partial charge in [-0.1, -0.05) is 0 Å². The minimum Gasteiger partial charge on any atom is -0.506 e. The highest BCUT2D eigenvalue weighted by Gasteiger charge is 2.29. The molecule has 0 aromatic heterocycles. The molecule has 1 aromatic carbocycles. The average Bonchev–Trinajstić information content (AvgIpc) is 3.38. The van der Waals surface area contributed by atoms with Crippen LogP contribution in [0.25, 0.3) is 5.76 Å². The van der Waals surface area contributed by atoms with E-state index in [1.807, 2.05) is 0 Å². The van der Waals surface area contributed by atoms with Crippen LogP contribution < -0.4 is 0 Å². The molecule has 11 heteroatoms. The van der Waals surface area contributed by atoms with Crippen molar-refractivity contribution in [3.05, 3.63) is 43.5 Å². The number of nitro groups is 2. The molecule has 0 saturated heterocycles. The van der Waals surface area contributed by atoms with Crippen molar-refractivity contribution < 1.29 is 29.6 Å². The number of ether oxygens (including phenoxy) is 1. The fourth-order valence-corrected chi connectivity index (χ4v) is 2.02. The number of carbonyl (C=O) groups excluding carboxylic acids is 1. The van der Waals surface area contributed by atoms with Gasteiger partial charge in [0, 0.05) is 12.3 Å². The van der Waals surface area contributed by atoms with E-state index in [2.05, 4.69) is 4.99 Å². The normalized spacial score (nSPS) is 14.8. The van der Waals surface area contributed by atoms with Gasteiger partial charge in [-0.05, 0) is 19.8 Å². The van der Waals surface area contributed by atoms with Crippen LogP contribution >= 0.6 is 0 Å². The standard InChI is InChI=1S/C15H15N3O8/c1-2-26-15(21)10(7-16-8-3-4-8)14(20)9-5-13(19)12(18(24)25)6-11(9)17(22)23/h5-8,19-20H,2-4H2,1H3/b14-10-,16-7?. The fourth-order valence-electron chi connectivity index (χ4n) is 2.02. The van der Waals surface area contributed by atoms with Gasteiger partial charge in [0.15, 0.2) is 5.75 Å². The minimum atomic E-state index is -1.01. The highest BCUT2D eigenvalue weighted by atomic mass is 16.6. The second-order valence-electron chi connectivity index (χ2n) is 5.36. The predicted octanol–water partition coefficient (Wildman–Crippen LogP) is 2.27. The number of esters is 1. The zero-order chi connectivity index (χ0) is 19.4. The number of phenolic OH excluding ortho intramolecular Hbond substituents is 1. The number of benzene rings is 1. The topological polar surface area (TPSA) is 165 Å². The maximum absolute atomic E-state index is 12.1. The number of phenols is 1. The molecule has 0 radical (unpaired) electrons. The number of hydrogen-bond acceptors (Lipinski definition) is 9. The molecule has 0 bridgehead atoms. The van der Waals surface area contributed by atoms with Gasteiger partial charge in [-0.2, -0.15) is 0 Å². The Morgan fingerprint density at radius 2 is 1.92 bits per heavy atom. The van der Waals surface area contributed by atoms with Gasteiger partial charge >= 0.3 is 11.7 Å². The first-order chi connectivity index (χ1) is 12.3. The lowest BCUT2D eigenvalue weighted by atomic mass is 10.1. The van der Waals surface area contributed by atoms with E-state index in [9.17, 15) is 35.2 Å². The van der Waals surface area contributed by atoms with E-state index in [-0.39, 0.29) is 12.6 Å². The van der Waals surface area contributed by atoms with E-state index < -0.39 is 49.8 Å². The molecule has 0 heterocycles. The summed E-state index contributed by atoms with van der Waals surface area (Å²) in [7, 11) is 0. The van der Waals surface area contributed by atoms with E-state index in [1.54, 1.807) is 0 Å². The monoisotopic (exact) mass is 365 g/mol. The fraction of sp³-hybridized carbons (Fsp3) is 0.333. The number of nitrogens with zero attached hydrogens (tertiary/aromatic N) is 3. The Hall–Kier alpha value is -3.50. The van der Waals surface area contributed by atoms with Crippen LogP contribution in [0.2, 0.25) is 0 Å². The zero-order valence-corrected chi connectivity index (χ0v) is 13.6. The molecule has 2 rings (SSSR count). The summed E-state index contributed by atoms with van der Waals surface area (Å²) in [6, 6.07) is 1.14. The van der Waals surface area contributed by atoms with Gasteiger partial charge in [-0.25, -0.2) is 4.79 Å². The first-order valence-corrected chi connectivity index (χ1v) is 7.56. The Bertz CT molecular complexity index is 826. The molecule has 0 spiro atoms.